The number of ether oxygens (including phenoxy) is 1. The molecule has 3 nitrogen and oxygen atoms in total. The SMILES string of the molecule is COc1ccc(Br)cc1NC(=O)C1C2C3CCC(C3)C12. The lowest BCUT2D eigenvalue weighted by Gasteiger charge is -2.12. The molecule has 0 aliphatic heterocycles. The number of halogens is 1. The van der Waals surface area contributed by atoms with Crippen molar-refractivity contribution in [3.05, 3.63) is 22.7 Å². The lowest BCUT2D eigenvalue weighted by molar-refractivity contribution is -0.118. The van der Waals surface area contributed by atoms with Gasteiger partial charge in [0.1, 0.15) is 5.75 Å². The Morgan fingerprint density at radius 3 is 2.65 bits per heavy atom. The third-order valence-electron chi connectivity index (χ3n) is 5.46. The first-order valence-corrected chi connectivity index (χ1v) is 8.12. The first-order chi connectivity index (χ1) is 9.69. The molecule has 3 aliphatic carbocycles. The number of nitrogens with one attached hydrogen (secondary N) is 1. The fraction of sp³-hybridized carbons (Fsp3) is 0.562. The van der Waals surface area contributed by atoms with Gasteiger partial charge in [0, 0.05) is 10.4 Å². The first-order valence-electron chi connectivity index (χ1n) is 7.33. The Bertz CT molecular complexity index is 558. The summed E-state index contributed by atoms with van der Waals surface area (Å²) >= 11 is 3.44. The van der Waals surface area contributed by atoms with Crippen LogP contribution in [0.2, 0.25) is 0 Å². The summed E-state index contributed by atoms with van der Waals surface area (Å²) in [4.78, 5) is 12.5. The number of fused-ring (bicyclic) bond motifs is 5. The molecule has 2 bridgehead atoms. The van der Waals surface area contributed by atoms with E-state index < -0.39 is 0 Å². The molecular weight excluding hydrogens is 318 g/mol. The Balaban J connectivity index is 1.50. The zero-order valence-electron chi connectivity index (χ0n) is 11.4. The van der Waals surface area contributed by atoms with Crippen molar-refractivity contribution in [2.45, 2.75) is 19.3 Å². The quantitative estimate of drug-likeness (QED) is 0.914. The molecule has 20 heavy (non-hydrogen) atoms. The molecule has 3 fully saturated rings. The molecule has 4 unspecified atom stereocenters. The van der Waals surface area contributed by atoms with E-state index in [1.165, 1.54) is 19.3 Å². The van der Waals surface area contributed by atoms with Gasteiger partial charge in [0.05, 0.1) is 12.8 Å². The molecule has 0 radical (unpaired) electrons. The topological polar surface area (TPSA) is 38.3 Å². The van der Waals surface area contributed by atoms with Crippen molar-refractivity contribution in [1.82, 2.24) is 0 Å². The number of carbonyl (C=O) groups excluding carboxylic acids is 1. The highest BCUT2D eigenvalue weighted by Crippen LogP contribution is 2.69. The molecule has 1 aromatic carbocycles. The van der Waals surface area contributed by atoms with Crippen molar-refractivity contribution in [2.24, 2.45) is 29.6 Å². The number of anilines is 1. The van der Waals surface area contributed by atoms with Gasteiger partial charge < -0.3 is 10.1 Å². The molecule has 3 saturated carbocycles. The molecule has 4 heteroatoms. The highest BCUT2D eigenvalue weighted by molar-refractivity contribution is 9.10. The Morgan fingerprint density at radius 2 is 2.00 bits per heavy atom. The first kappa shape index (κ1) is 12.7. The standard InChI is InChI=1S/C16H18BrNO2/c1-20-12-5-4-10(17)7-11(12)18-16(19)15-13-8-2-3-9(6-8)14(13)15/h4-5,7-9,13-15H,2-3,6H2,1H3,(H,18,19). The lowest BCUT2D eigenvalue weighted by atomic mass is 10.0. The Hall–Kier alpha value is -1.03. The summed E-state index contributed by atoms with van der Waals surface area (Å²) in [6, 6.07) is 5.70. The summed E-state index contributed by atoms with van der Waals surface area (Å²) < 4.78 is 6.26. The van der Waals surface area contributed by atoms with Gasteiger partial charge in [0.2, 0.25) is 5.91 Å². The molecule has 4 atom stereocenters. The van der Waals surface area contributed by atoms with E-state index in [4.69, 9.17) is 4.74 Å². The minimum absolute atomic E-state index is 0.188. The Morgan fingerprint density at radius 1 is 1.30 bits per heavy atom. The second kappa shape index (κ2) is 4.48. The average Bonchev–Trinajstić information content (AvgIpc) is 2.88. The van der Waals surface area contributed by atoms with Gasteiger partial charge in [0.25, 0.3) is 0 Å². The summed E-state index contributed by atoms with van der Waals surface area (Å²) in [6.45, 7) is 0. The number of amides is 1. The smallest absolute Gasteiger partial charge is 0.228 e. The van der Waals surface area contributed by atoms with Crippen molar-refractivity contribution in [2.75, 3.05) is 12.4 Å². The maximum Gasteiger partial charge on any atom is 0.228 e. The lowest BCUT2D eigenvalue weighted by Crippen LogP contribution is -2.19. The van der Waals surface area contributed by atoms with E-state index in [0.717, 1.165) is 27.7 Å². The predicted octanol–water partition coefficient (Wildman–Crippen LogP) is 3.69. The van der Waals surface area contributed by atoms with Gasteiger partial charge in [-0.1, -0.05) is 15.9 Å². The highest BCUT2D eigenvalue weighted by Gasteiger charge is 2.67. The van der Waals surface area contributed by atoms with E-state index in [2.05, 4.69) is 21.2 Å². The van der Waals surface area contributed by atoms with Crippen molar-refractivity contribution >= 4 is 27.5 Å². The summed E-state index contributed by atoms with van der Waals surface area (Å²) in [7, 11) is 1.63. The zero-order valence-corrected chi connectivity index (χ0v) is 13.0. The van der Waals surface area contributed by atoms with Gasteiger partial charge in [-0.05, 0) is 61.1 Å². The van der Waals surface area contributed by atoms with Gasteiger partial charge in [-0.15, -0.1) is 0 Å². The van der Waals surface area contributed by atoms with E-state index in [0.29, 0.717) is 11.8 Å². The van der Waals surface area contributed by atoms with Crippen LogP contribution in [0.3, 0.4) is 0 Å². The summed E-state index contributed by atoms with van der Waals surface area (Å²) in [6.07, 6.45) is 4.06. The highest BCUT2D eigenvalue weighted by atomic mass is 79.9. The van der Waals surface area contributed by atoms with Crippen LogP contribution in [0.1, 0.15) is 19.3 Å². The minimum Gasteiger partial charge on any atom is -0.495 e. The molecule has 3 aliphatic rings. The van der Waals surface area contributed by atoms with Crippen LogP contribution in [-0.4, -0.2) is 13.0 Å². The number of carbonyl (C=O) groups is 1. The van der Waals surface area contributed by atoms with Crippen LogP contribution in [0.4, 0.5) is 5.69 Å². The van der Waals surface area contributed by atoms with Crippen molar-refractivity contribution in [3.8, 4) is 5.75 Å². The fourth-order valence-electron chi connectivity index (χ4n) is 4.67. The van der Waals surface area contributed by atoms with Crippen LogP contribution >= 0.6 is 15.9 Å². The second-order valence-corrected chi connectivity index (χ2v) is 7.26. The third kappa shape index (κ3) is 1.80. The summed E-state index contributed by atoms with van der Waals surface area (Å²) in [5, 5.41) is 3.07. The molecule has 0 aromatic heterocycles. The average molecular weight is 336 g/mol. The summed E-state index contributed by atoms with van der Waals surface area (Å²) in [5.41, 5.74) is 0.768. The zero-order chi connectivity index (χ0) is 13.9. The normalized spacial score (nSPS) is 36.6. The van der Waals surface area contributed by atoms with Crippen molar-refractivity contribution in [1.29, 1.82) is 0 Å². The van der Waals surface area contributed by atoms with Crippen molar-refractivity contribution < 1.29 is 9.53 Å². The second-order valence-electron chi connectivity index (χ2n) is 6.35. The molecule has 0 spiro atoms. The van der Waals surface area contributed by atoms with Crippen LogP contribution in [0.25, 0.3) is 0 Å². The Labute approximate surface area is 127 Å². The van der Waals surface area contributed by atoms with Crippen LogP contribution in [-0.2, 0) is 4.79 Å². The number of rotatable bonds is 3. The molecule has 106 valence electrons. The van der Waals surface area contributed by atoms with Crippen LogP contribution < -0.4 is 10.1 Å². The van der Waals surface area contributed by atoms with Crippen LogP contribution in [0.5, 0.6) is 5.75 Å². The molecule has 4 rings (SSSR count). The summed E-state index contributed by atoms with van der Waals surface area (Å²) in [5.74, 6) is 4.15. The van der Waals surface area contributed by atoms with E-state index >= 15 is 0 Å². The maximum absolute atomic E-state index is 12.5. The molecule has 1 N–H and O–H groups in total. The molecule has 1 aromatic rings. The van der Waals surface area contributed by atoms with Gasteiger partial charge in [0.15, 0.2) is 0 Å². The van der Waals surface area contributed by atoms with E-state index in [1.807, 2.05) is 18.2 Å². The van der Waals surface area contributed by atoms with Crippen LogP contribution in [0, 0.1) is 29.6 Å². The van der Waals surface area contributed by atoms with Gasteiger partial charge in [-0.2, -0.15) is 0 Å². The number of hydrogen-bond donors (Lipinski definition) is 1. The predicted molar refractivity (Wildman–Crippen MR) is 80.6 cm³/mol. The van der Waals surface area contributed by atoms with Gasteiger partial charge in [-0.25, -0.2) is 0 Å². The third-order valence-corrected chi connectivity index (χ3v) is 5.95. The minimum atomic E-state index is 0.188. The van der Waals surface area contributed by atoms with Gasteiger partial charge in [-0.3, -0.25) is 4.79 Å². The molecule has 0 saturated heterocycles. The van der Waals surface area contributed by atoms with Crippen molar-refractivity contribution in [3.63, 3.8) is 0 Å². The monoisotopic (exact) mass is 335 g/mol. The number of hydrogen-bond acceptors (Lipinski definition) is 2. The molecule has 1 amide bonds. The number of methoxy groups -OCH3 is 1. The largest absolute Gasteiger partial charge is 0.495 e. The van der Waals surface area contributed by atoms with Gasteiger partial charge >= 0.3 is 0 Å². The van der Waals surface area contributed by atoms with E-state index in [9.17, 15) is 4.79 Å². The fourth-order valence-corrected chi connectivity index (χ4v) is 5.03. The molecular formula is C16H18BrNO2. The van der Waals surface area contributed by atoms with E-state index in [-0.39, 0.29) is 11.8 Å². The Kier molecular flexibility index (Phi) is 2.85. The maximum atomic E-state index is 12.5. The van der Waals surface area contributed by atoms with Crippen LogP contribution in [0.15, 0.2) is 22.7 Å². The van der Waals surface area contributed by atoms with E-state index in [1.54, 1.807) is 7.11 Å². The number of benzene rings is 1. The molecule has 0 heterocycles.